The molecule has 0 saturated heterocycles. The zero-order valence-electron chi connectivity index (χ0n) is 13.2. The van der Waals surface area contributed by atoms with E-state index in [1.54, 1.807) is 11.3 Å². The fourth-order valence-electron chi connectivity index (χ4n) is 2.17. The van der Waals surface area contributed by atoms with Gasteiger partial charge in [0, 0.05) is 19.6 Å². The van der Waals surface area contributed by atoms with E-state index in [1.165, 1.54) is 0 Å². The lowest BCUT2D eigenvalue weighted by Crippen LogP contribution is -2.40. The molecule has 1 aromatic rings. The van der Waals surface area contributed by atoms with Crippen molar-refractivity contribution in [2.45, 2.75) is 27.7 Å². The average Bonchev–Trinajstić information content (AvgIpc) is 2.76. The molecular formula is C15H24Br2N2OS. The van der Waals surface area contributed by atoms with Crippen LogP contribution in [0.25, 0.3) is 0 Å². The van der Waals surface area contributed by atoms with Gasteiger partial charge in [0.1, 0.15) is 0 Å². The summed E-state index contributed by atoms with van der Waals surface area (Å²) in [7, 11) is 0. The number of rotatable bonds is 8. The van der Waals surface area contributed by atoms with Crippen molar-refractivity contribution in [3.05, 3.63) is 19.2 Å². The summed E-state index contributed by atoms with van der Waals surface area (Å²) < 4.78 is 1.88. The van der Waals surface area contributed by atoms with E-state index in [-0.39, 0.29) is 5.91 Å². The quantitative estimate of drug-likeness (QED) is 0.585. The van der Waals surface area contributed by atoms with Crippen LogP contribution < -0.4 is 0 Å². The van der Waals surface area contributed by atoms with Crippen LogP contribution in [0.15, 0.2) is 13.6 Å². The molecule has 1 heterocycles. The molecule has 0 aromatic carbocycles. The van der Waals surface area contributed by atoms with E-state index < -0.39 is 0 Å². The van der Waals surface area contributed by atoms with E-state index in [0.29, 0.717) is 5.92 Å². The van der Waals surface area contributed by atoms with Crippen LogP contribution in [0.2, 0.25) is 0 Å². The summed E-state index contributed by atoms with van der Waals surface area (Å²) in [4.78, 5) is 17.1. The van der Waals surface area contributed by atoms with Gasteiger partial charge in [-0.25, -0.2) is 0 Å². The monoisotopic (exact) mass is 438 g/mol. The highest BCUT2D eigenvalue weighted by molar-refractivity contribution is 9.12. The number of hydrogen-bond donors (Lipinski definition) is 0. The number of thiophene rings is 1. The largest absolute Gasteiger partial charge is 0.337 e. The summed E-state index contributed by atoms with van der Waals surface area (Å²) in [6, 6.07) is 1.90. The normalized spacial score (nSPS) is 11.4. The maximum atomic E-state index is 12.8. The van der Waals surface area contributed by atoms with Gasteiger partial charge in [-0.2, -0.15) is 0 Å². The second-order valence-electron chi connectivity index (χ2n) is 5.41. The van der Waals surface area contributed by atoms with E-state index in [0.717, 1.165) is 45.9 Å². The standard InChI is InChI=1S/C15H24Br2N2OS/c1-5-18(6-2)7-8-19(10-11(3)4)15(20)12-9-13(16)21-14(12)17/h9,11H,5-8,10H2,1-4H3. The van der Waals surface area contributed by atoms with Crippen molar-refractivity contribution in [3.8, 4) is 0 Å². The molecule has 0 bridgehead atoms. The molecular weight excluding hydrogens is 416 g/mol. The second kappa shape index (κ2) is 9.28. The van der Waals surface area contributed by atoms with E-state index in [2.05, 4.69) is 64.5 Å². The van der Waals surface area contributed by atoms with Gasteiger partial charge in [-0.05, 0) is 56.9 Å². The summed E-state index contributed by atoms with van der Waals surface area (Å²) in [5, 5.41) is 0. The Morgan fingerprint density at radius 1 is 1.24 bits per heavy atom. The predicted molar refractivity (Wildman–Crippen MR) is 98.2 cm³/mol. The molecule has 21 heavy (non-hydrogen) atoms. The first-order chi connectivity index (χ1) is 9.88. The Bertz CT molecular complexity index is 459. The highest BCUT2D eigenvalue weighted by atomic mass is 79.9. The minimum atomic E-state index is 0.115. The lowest BCUT2D eigenvalue weighted by molar-refractivity contribution is 0.0716. The molecule has 0 saturated carbocycles. The number of halogens is 2. The van der Waals surface area contributed by atoms with Gasteiger partial charge >= 0.3 is 0 Å². The highest BCUT2D eigenvalue weighted by Gasteiger charge is 2.21. The third kappa shape index (κ3) is 6.00. The molecule has 0 unspecified atom stereocenters. The maximum Gasteiger partial charge on any atom is 0.255 e. The molecule has 0 spiro atoms. The van der Waals surface area contributed by atoms with E-state index in [1.807, 2.05) is 11.0 Å². The van der Waals surface area contributed by atoms with Gasteiger partial charge in [0.05, 0.1) is 13.1 Å². The van der Waals surface area contributed by atoms with Gasteiger partial charge in [0.25, 0.3) is 5.91 Å². The molecule has 3 nitrogen and oxygen atoms in total. The van der Waals surface area contributed by atoms with E-state index >= 15 is 0 Å². The van der Waals surface area contributed by atoms with Crippen LogP contribution in [0.3, 0.4) is 0 Å². The second-order valence-corrected chi connectivity index (χ2v) is 9.16. The van der Waals surface area contributed by atoms with Gasteiger partial charge < -0.3 is 9.80 Å². The Morgan fingerprint density at radius 3 is 2.29 bits per heavy atom. The topological polar surface area (TPSA) is 23.6 Å². The Morgan fingerprint density at radius 2 is 1.86 bits per heavy atom. The smallest absolute Gasteiger partial charge is 0.255 e. The average molecular weight is 440 g/mol. The van der Waals surface area contributed by atoms with Gasteiger partial charge in [-0.15, -0.1) is 11.3 Å². The fraction of sp³-hybridized carbons (Fsp3) is 0.667. The van der Waals surface area contributed by atoms with Crippen LogP contribution >= 0.6 is 43.2 Å². The van der Waals surface area contributed by atoms with Crippen molar-refractivity contribution >= 4 is 49.1 Å². The van der Waals surface area contributed by atoms with E-state index in [9.17, 15) is 4.79 Å². The lowest BCUT2D eigenvalue weighted by Gasteiger charge is -2.27. The SMILES string of the molecule is CCN(CC)CCN(CC(C)C)C(=O)c1cc(Br)sc1Br. The van der Waals surface area contributed by atoms with Crippen LogP contribution in [-0.4, -0.2) is 48.4 Å². The molecule has 1 amide bonds. The van der Waals surface area contributed by atoms with Crippen molar-refractivity contribution in [2.24, 2.45) is 5.92 Å². The van der Waals surface area contributed by atoms with Crippen LogP contribution in [0.4, 0.5) is 0 Å². The van der Waals surface area contributed by atoms with Crippen molar-refractivity contribution < 1.29 is 4.79 Å². The molecule has 0 aliphatic rings. The van der Waals surface area contributed by atoms with Gasteiger partial charge in [0.2, 0.25) is 0 Å². The van der Waals surface area contributed by atoms with Crippen molar-refractivity contribution in [1.82, 2.24) is 9.80 Å². The minimum Gasteiger partial charge on any atom is -0.337 e. The van der Waals surface area contributed by atoms with Crippen molar-refractivity contribution in [1.29, 1.82) is 0 Å². The van der Waals surface area contributed by atoms with E-state index in [4.69, 9.17) is 0 Å². The number of nitrogens with zero attached hydrogens (tertiary/aromatic N) is 2. The molecule has 0 fully saturated rings. The van der Waals surface area contributed by atoms with Gasteiger partial charge in [-0.3, -0.25) is 4.79 Å². The first kappa shape index (κ1) is 19.1. The molecule has 0 N–H and O–H groups in total. The first-order valence-electron chi connectivity index (χ1n) is 7.35. The summed E-state index contributed by atoms with van der Waals surface area (Å²) in [6.07, 6.45) is 0. The lowest BCUT2D eigenvalue weighted by atomic mass is 10.2. The molecule has 0 aliphatic heterocycles. The van der Waals surface area contributed by atoms with Crippen molar-refractivity contribution in [2.75, 3.05) is 32.7 Å². The van der Waals surface area contributed by atoms with Gasteiger partial charge in [-0.1, -0.05) is 27.7 Å². The minimum absolute atomic E-state index is 0.115. The molecule has 1 rings (SSSR count). The molecule has 0 atom stereocenters. The van der Waals surface area contributed by atoms with Crippen LogP contribution in [0, 0.1) is 5.92 Å². The fourth-order valence-corrected chi connectivity index (χ4v) is 4.95. The summed E-state index contributed by atoms with van der Waals surface area (Å²) >= 11 is 8.48. The van der Waals surface area contributed by atoms with Crippen LogP contribution in [-0.2, 0) is 0 Å². The third-order valence-corrected chi connectivity index (χ3v) is 5.68. The summed E-state index contributed by atoms with van der Waals surface area (Å²) in [6.45, 7) is 13.1. The molecule has 0 radical (unpaired) electrons. The zero-order chi connectivity index (χ0) is 16.0. The van der Waals surface area contributed by atoms with Crippen molar-refractivity contribution in [3.63, 3.8) is 0 Å². The maximum absolute atomic E-state index is 12.8. The first-order valence-corrected chi connectivity index (χ1v) is 9.75. The Kier molecular flexibility index (Phi) is 8.46. The zero-order valence-corrected chi connectivity index (χ0v) is 17.1. The Hall–Kier alpha value is 0.0900. The Labute approximate surface area is 149 Å². The summed E-state index contributed by atoms with van der Waals surface area (Å²) in [5.41, 5.74) is 0.757. The number of hydrogen-bond acceptors (Lipinski definition) is 3. The number of carbonyl (C=O) groups excluding carboxylic acids is 1. The predicted octanol–water partition coefficient (Wildman–Crippen LogP) is 4.71. The summed E-state index contributed by atoms with van der Waals surface area (Å²) in [5.74, 6) is 0.580. The molecule has 120 valence electrons. The number of amides is 1. The molecule has 0 aliphatic carbocycles. The Balaban J connectivity index is 2.81. The molecule has 6 heteroatoms. The van der Waals surface area contributed by atoms with Gasteiger partial charge in [0.15, 0.2) is 0 Å². The number of likely N-dealkylation sites (N-methyl/N-ethyl adjacent to an activating group) is 1. The number of carbonyl (C=O) groups is 1. The third-order valence-electron chi connectivity index (χ3n) is 3.34. The van der Waals surface area contributed by atoms with Crippen LogP contribution in [0.5, 0.6) is 0 Å². The van der Waals surface area contributed by atoms with Crippen LogP contribution in [0.1, 0.15) is 38.1 Å². The highest BCUT2D eigenvalue weighted by Crippen LogP contribution is 2.32. The molecule has 1 aromatic heterocycles.